The molecule has 0 saturated carbocycles. The Kier molecular flexibility index (Phi) is 5.14. The molecule has 0 aliphatic carbocycles. The third-order valence-electron chi connectivity index (χ3n) is 4.49. The Morgan fingerprint density at radius 2 is 1.48 bits per heavy atom. The zero-order valence-electron chi connectivity index (χ0n) is 15.0. The Bertz CT molecular complexity index is 1100. The van der Waals surface area contributed by atoms with Gasteiger partial charge in [0.2, 0.25) is 19.7 Å². The summed E-state index contributed by atoms with van der Waals surface area (Å²) in [6, 6.07) is 9.85. The molecule has 0 aromatic heterocycles. The number of sulfone groups is 2. The SMILES string of the molecule is CCCC(=O)OCC(C)c1ccc2c(c1)S(=O)(=O)c1ccccc1S2(=O)=O. The minimum atomic E-state index is -3.96. The van der Waals surface area contributed by atoms with E-state index in [1.54, 1.807) is 13.0 Å². The highest BCUT2D eigenvalue weighted by atomic mass is 32.2. The molecule has 8 heteroatoms. The molecule has 2 aromatic rings. The predicted octanol–water partition coefficient (Wildman–Crippen LogP) is 3.11. The Hall–Kier alpha value is -2.19. The van der Waals surface area contributed by atoms with Gasteiger partial charge in [0.25, 0.3) is 0 Å². The van der Waals surface area contributed by atoms with Crippen LogP contribution in [0.15, 0.2) is 62.0 Å². The van der Waals surface area contributed by atoms with E-state index in [0.29, 0.717) is 18.4 Å². The van der Waals surface area contributed by atoms with E-state index < -0.39 is 19.7 Å². The predicted molar refractivity (Wildman–Crippen MR) is 98.1 cm³/mol. The van der Waals surface area contributed by atoms with Crippen LogP contribution in [-0.4, -0.2) is 29.4 Å². The molecule has 0 radical (unpaired) electrons. The van der Waals surface area contributed by atoms with Crippen molar-refractivity contribution >= 4 is 25.6 Å². The van der Waals surface area contributed by atoms with E-state index in [4.69, 9.17) is 4.74 Å². The molecule has 0 bridgehead atoms. The number of carbonyl (C=O) groups excluding carboxylic acids is 1. The summed E-state index contributed by atoms with van der Waals surface area (Å²) in [5.74, 6) is -0.586. The molecule has 0 spiro atoms. The monoisotopic (exact) mass is 408 g/mol. The highest BCUT2D eigenvalue weighted by Crippen LogP contribution is 2.41. The van der Waals surface area contributed by atoms with Crippen LogP contribution in [0.3, 0.4) is 0 Å². The molecule has 6 nitrogen and oxygen atoms in total. The van der Waals surface area contributed by atoms with Crippen LogP contribution < -0.4 is 0 Å². The fourth-order valence-corrected chi connectivity index (χ4v) is 7.15. The summed E-state index contributed by atoms with van der Waals surface area (Å²) in [6.45, 7) is 3.76. The number of carbonyl (C=O) groups is 1. The van der Waals surface area contributed by atoms with Gasteiger partial charge < -0.3 is 4.74 Å². The zero-order valence-corrected chi connectivity index (χ0v) is 16.6. The molecule has 0 saturated heterocycles. The van der Waals surface area contributed by atoms with Gasteiger partial charge in [-0.15, -0.1) is 0 Å². The molecule has 1 unspecified atom stereocenters. The molecule has 144 valence electrons. The van der Waals surface area contributed by atoms with E-state index in [9.17, 15) is 21.6 Å². The molecule has 3 rings (SSSR count). The van der Waals surface area contributed by atoms with Crippen LogP contribution in [0.25, 0.3) is 0 Å². The van der Waals surface area contributed by atoms with Crippen LogP contribution >= 0.6 is 0 Å². The lowest BCUT2D eigenvalue weighted by Crippen LogP contribution is -2.20. The highest BCUT2D eigenvalue weighted by Gasteiger charge is 2.39. The maximum Gasteiger partial charge on any atom is 0.305 e. The lowest BCUT2D eigenvalue weighted by atomic mass is 10.0. The van der Waals surface area contributed by atoms with Crippen molar-refractivity contribution in [3.05, 3.63) is 48.0 Å². The van der Waals surface area contributed by atoms with Gasteiger partial charge in [-0.3, -0.25) is 4.79 Å². The molecule has 0 amide bonds. The molecule has 0 N–H and O–H groups in total. The van der Waals surface area contributed by atoms with Gasteiger partial charge >= 0.3 is 5.97 Å². The van der Waals surface area contributed by atoms with Crippen LogP contribution in [0, 0.1) is 0 Å². The van der Waals surface area contributed by atoms with E-state index in [1.807, 2.05) is 6.92 Å². The summed E-state index contributed by atoms with van der Waals surface area (Å²) >= 11 is 0. The second-order valence-corrected chi connectivity index (χ2v) is 10.3. The normalized spacial score (nSPS) is 17.4. The number of fused-ring (bicyclic) bond motifs is 2. The van der Waals surface area contributed by atoms with Gasteiger partial charge in [-0.1, -0.05) is 32.0 Å². The van der Waals surface area contributed by atoms with E-state index in [-0.39, 0.29) is 38.1 Å². The van der Waals surface area contributed by atoms with Crippen LogP contribution in [0.4, 0.5) is 0 Å². The largest absolute Gasteiger partial charge is 0.465 e. The molecule has 0 fully saturated rings. The average Bonchev–Trinajstić information content (AvgIpc) is 2.65. The van der Waals surface area contributed by atoms with Gasteiger partial charge in [-0.25, -0.2) is 16.8 Å². The van der Waals surface area contributed by atoms with E-state index in [1.165, 1.54) is 36.4 Å². The second kappa shape index (κ2) is 7.09. The summed E-state index contributed by atoms with van der Waals surface area (Å²) < 4.78 is 56.7. The first-order chi connectivity index (χ1) is 12.7. The van der Waals surface area contributed by atoms with Gasteiger partial charge in [0.1, 0.15) is 0 Å². The fourth-order valence-electron chi connectivity index (χ4n) is 2.98. The summed E-state index contributed by atoms with van der Waals surface area (Å²) in [4.78, 5) is 10.7. The Labute approximate surface area is 159 Å². The first-order valence-electron chi connectivity index (χ1n) is 8.58. The van der Waals surface area contributed by atoms with Crippen LogP contribution in [-0.2, 0) is 29.2 Å². The van der Waals surface area contributed by atoms with Crippen molar-refractivity contribution in [3.63, 3.8) is 0 Å². The van der Waals surface area contributed by atoms with Gasteiger partial charge in [0.15, 0.2) is 0 Å². The van der Waals surface area contributed by atoms with E-state index >= 15 is 0 Å². The number of ether oxygens (including phenoxy) is 1. The van der Waals surface area contributed by atoms with Crippen molar-refractivity contribution < 1.29 is 26.4 Å². The van der Waals surface area contributed by atoms with Gasteiger partial charge in [0, 0.05) is 12.3 Å². The lowest BCUT2D eigenvalue weighted by molar-refractivity contribution is -0.144. The molecular formula is C19H20O6S2. The first kappa shape index (κ1) is 19.6. The van der Waals surface area contributed by atoms with Gasteiger partial charge in [-0.2, -0.15) is 0 Å². The van der Waals surface area contributed by atoms with Crippen molar-refractivity contribution in [2.24, 2.45) is 0 Å². The standard InChI is InChI=1S/C19H20O6S2/c1-3-6-19(20)25-12-13(2)14-9-10-17-18(11-14)27(23,24)16-8-5-4-7-15(16)26(17,21)22/h4-5,7-11,13H,3,6,12H2,1-2H3. The molecule has 1 aliphatic heterocycles. The second-order valence-electron chi connectivity index (χ2n) is 6.49. The summed E-state index contributed by atoms with van der Waals surface area (Å²) in [5, 5.41) is 0. The average molecular weight is 408 g/mol. The molecular weight excluding hydrogens is 388 g/mol. The zero-order chi connectivity index (χ0) is 19.8. The maximum atomic E-state index is 13.0. The third-order valence-corrected chi connectivity index (χ3v) is 8.47. The van der Waals surface area contributed by atoms with Crippen molar-refractivity contribution in [1.29, 1.82) is 0 Å². The van der Waals surface area contributed by atoms with Crippen molar-refractivity contribution in [2.45, 2.75) is 52.2 Å². The third kappa shape index (κ3) is 3.39. The number of esters is 1. The quantitative estimate of drug-likeness (QED) is 0.602. The fraction of sp³-hybridized carbons (Fsp3) is 0.316. The van der Waals surface area contributed by atoms with Gasteiger partial charge in [-0.05, 0) is 36.2 Å². The molecule has 1 atom stereocenters. The minimum Gasteiger partial charge on any atom is -0.465 e. The van der Waals surface area contributed by atoms with E-state index in [2.05, 4.69) is 0 Å². The van der Waals surface area contributed by atoms with E-state index in [0.717, 1.165) is 0 Å². The lowest BCUT2D eigenvalue weighted by Gasteiger charge is -2.21. The first-order valence-corrected chi connectivity index (χ1v) is 11.5. The number of benzene rings is 2. The summed E-state index contributed by atoms with van der Waals surface area (Å²) in [7, 11) is -7.87. The Morgan fingerprint density at radius 1 is 0.926 bits per heavy atom. The molecule has 1 aliphatic rings. The Morgan fingerprint density at radius 3 is 2.07 bits per heavy atom. The number of hydrogen-bond donors (Lipinski definition) is 0. The highest BCUT2D eigenvalue weighted by molar-refractivity contribution is 7.97. The topological polar surface area (TPSA) is 94.6 Å². The van der Waals surface area contributed by atoms with Gasteiger partial charge in [0.05, 0.1) is 26.2 Å². The van der Waals surface area contributed by atoms with Crippen LogP contribution in [0.5, 0.6) is 0 Å². The van der Waals surface area contributed by atoms with Crippen LogP contribution in [0.2, 0.25) is 0 Å². The smallest absolute Gasteiger partial charge is 0.305 e. The van der Waals surface area contributed by atoms with Crippen molar-refractivity contribution in [3.8, 4) is 0 Å². The molecule has 2 aromatic carbocycles. The molecule has 1 heterocycles. The van der Waals surface area contributed by atoms with Crippen molar-refractivity contribution in [2.75, 3.05) is 6.61 Å². The number of hydrogen-bond acceptors (Lipinski definition) is 6. The minimum absolute atomic E-state index is 0.0982. The molecule has 27 heavy (non-hydrogen) atoms. The van der Waals surface area contributed by atoms with Crippen molar-refractivity contribution in [1.82, 2.24) is 0 Å². The maximum absolute atomic E-state index is 13.0. The van der Waals surface area contributed by atoms with Crippen LogP contribution in [0.1, 0.15) is 38.2 Å². The number of rotatable bonds is 5. The summed E-state index contributed by atoms with van der Waals surface area (Å²) in [6.07, 6.45) is 1.00. The summed E-state index contributed by atoms with van der Waals surface area (Å²) in [5.41, 5.74) is 0.594. The Balaban J connectivity index is 2.02.